The van der Waals surface area contributed by atoms with E-state index in [-0.39, 0.29) is 6.10 Å². The van der Waals surface area contributed by atoms with Crippen molar-refractivity contribution in [3.05, 3.63) is 34.8 Å². The van der Waals surface area contributed by atoms with Crippen LogP contribution in [0.15, 0.2) is 29.3 Å². The Morgan fingerprint density at radius 3 is 2.88 bits per heavy atom. The lowest BCUT2D eigenvalue weighted by atomic mass is 10.2. The zero-order valence-electron chi connectivity index (χ0n) is 14.1. The lowest BCUT2D eigenvalue weighted by Crippen LogP contribution is -2.10. The molecule has 0 bridgehead atoms. The minimum absolute atomic E-state index is 0.0630. The van der Waals surface area contributed by atoms with E-state index < -0.39 is 0 Å². The van der Waals surface area contributed by atoms with Crippen molar-refractivity contribution in [2.75, 3.05) is 11.9 Å². The number of halogens is 1. The molecular formula is C16H22BrN5O2. The molecular weight excluding hydrogens is 374 g/mol. The SMILES string of the molecule is C=CCn1nnnc1NCc1cc(Br)c(OC(C)C)c(OCC)c1. The van der Waals surface area contributed by atoms with Gasteiger partial charge < -0.3 is 14.8 Å². The topological polar surface area (TPSA) is 74.1 Å². The summed E-state index contributed by atoms with van der Waals surface area (Å²) in [5, 5.41) is 14.7. The molecule has 130 valence electrons. The lowest BCUT2D eigenvalue weighted by Gasteiger charge is -2.17. The highest BCUT2D eigenvalue weighted by Gasteiger charge is 2.14. The predicted octanol–water partition coefficient (Wildman–Crippen LogP) is 3.42. The number of anilines is 1. The van der Waals surface area contributed by atoms with Gasteiger partial charge >= 0.3 is 0 Å². The standard InChI is InChI=1S/C16H22BrN5O2/c1-5-7-22-16(19-20-21-22)18-10-12-8-13(17)15(24-11(3)4)14(9-12)23-6-2/h5,8-9,11H,1,6-7,10H2,2-4H3,(H,18,19,21). The molecule has 1 aromatic carbocycles. The Kier molecular flexibility index (Phi) is 6.60. The van der Waals surface area contributed by atoms with Crippen LogP contribution in [0.4, 0.5) is 5.95 Å². The molecule has 24 heavy (non-hydrogen) atoms. The van der Waals surface area contributed by atoms with Gasteiger partial charge in [-0.25, -0.2) is 4.68 Å². The van der Waals surface area contributed by atoms with Crippen LogP contribution in [-0.4, -0.2) is 32.9 Å². The average Bonchev–Trinajstić information content (AvgIpc) is 2.96. The first kappa shape index (κ1) is 18.3. The lowest BCUT2D eigenvalue weighted by molar-refractivity contribution is 0.222. The van der Waals surface area contributed by atoms with E-state index in [2.05, 4.69) is 43.4 Å². The van der Waals surface area contributed by atoms with Gasteiger partial charge in [0, 0.05) is 6.54 Å². The van der Waals surface area contributed by atoms with Crippen LogP contribution in [-0.2, 0) is 13.1 Å². The molecule has 8 heteroatoms. The molecule has 1 aromatic heterocycles. The van der Waals surface area contributed by atoms with Gasteiger partial charge in [-0.05, 0) is 64.8 Å². The van der Waals surface area contributed by atoms with Crippen molar-refractivity contribution in [2.24, 2.45) is 0 Å². The quantitative estimate of drug-likeness (QED) is 0.655. The smallest absolute Gasteiger partial charge is 0.243 e. The summed E-state index contributed by atoms with van der Waals surface area (Å²) in [4.78, 5) is 0. The number of tetrazole rings is 1. The number of hydrogen-bond acceptors (Lipinski definition) is 6. The summed E-state index contributed by atoms with van der Waals surface area (Å²) in [6, 6.07) is 3.95. The Labute approximate surface area is 150 Å². The van der Waals surface area contributed by atoms with Crippen LogP contribution in [0.1, 0.15) is 26.3 Å². The van der Waals surface area contributed by atoms with Crippen LogP contribution >= 0.6 is 15.9 Å². The highest BCUT2D eigenvalue weighted by Crippen LogP contribution is 2.37. The summed E-state index contributed by atoms with van der Waals surface area (Å²) in [6.07, 6.45) is 1.80. The fourth-order valence-electron chi connectivity index (χ4n) is 2.09. The van der Waals surface area contributed by atoms with Gasteiger partial charge in [0.2, 0.25) is 5.95 Å². The van der Waals surface area contributed by atoms with Crippen LogP contribution in [0.2, 0.25) is 0 Å². The number of nitrogens with one attached hydrogen (secondary N) is 1. The molecule has 0 unspecified atom stereocenters. The molecule has 1 N–H and O–H groups in total. The molecule has 2 rings (SSSR count). The monoisotopic (exact) mass is 395 g/mol. The molecule has 0 aliphatic carbocycles. The van der Waals surface area contributed by atoms with E-state index in [1.807, 2.05) is 32.9 Å². The molecule has 0 saturated heterocycles. The summed E-state index contributed by atoms with van der Waals surface area (Å²) >= 11 is 3.56. The van der Waals surface area contributed by atoms with E-state index in [9.17, 15) is 0 Å². The van der Waals surface area contributed by atoms with E-state index in [4.69, 9.17) is 9.47 Å². The maximum atomic E-state index is 5.85. The van der Waals surface area contributed by atoms with Gasteiger partial charge in [0.15, 0.2) is 11.5 Å². The third-order valence-electron chi connectivity index (χ3n) is 3.01. The zero-order chi connectivity index (χ0) is 17.5. The fraction of sp³-hybridized carbons (Fsp3) is 0.438. The second-order valence-electron chi connectivity index (χ2n) is 5.33. The third kappa shape index (κ3) is 4.70. The van der Waals surface area contributed by atoms with E-state index in [0.717, 1.165) is 10.0 Å². The molecule has 0 atom stereocenters. The van der Waals surface area contributed by atoms with Gasteiger partial charge in [0.05, 0.1) is 23.7 Å². The van der Waals surface area contributed by atoms with Gasteiger partial charge in [-0.15, -0.1) is 6.58 Å². The highest BCUT2D eigenvalue weighted by molar-refractivity contribution is 9.10. The molecule has 0 fully saturated rings. The molecule has 0 radical (unpaired) electrons. The summed E-state index contributed by atoms with van der Waals surface area (Å²) in [6.45, 7) is 11.3. The molecule has 7 nitrogen and oxygen atoms in total. The second-order valence-corrected chi connectivity index (χ2v) is 6.19. The number of allylic oxidation sites excluding steroid dienone is 1. The summed E-state index contributed by atoms with van der Waals surface area (Å²) in [5.74, 6) is 2.02. The Hall–Kier alpha value is -2.09. The molecule has 0 amide bonds. The minimum Gasteiger partial charge on any atom is -0.490 e. The van der Waals surface area contributed by atoms with E-state index in [1.54, 1.807) is 10.8 Å². The number of aromatic nitrogens is 4. The van der Waals surface area contributed by atoms with Crippen molar-refractivity contribution in [3.8, 4) is 11.5 Å². The Balaban J connectivity index is 2.18. The second kappa shape index (κ2) is 8.68. The first-order valence-corrected chi connectivity index (χ1v) is 8.57. The first-order chi connectivity index (χ1) is 11.5. The number of ether oxygens (including phenoxy) is 2. The van der Waals surface area contributed by atoms with Gasteiger partial charge in [-0.3, -0.25) is 0 Å². The summed E-state index contributed by atoms with van der Waals surface area (Å²) in [5.41, 5.74) is 1.02. The Morgan fingerprint density at radius 1 is 1.42 bits per heavy atom. The fourth-order valence-corrected chi connectivity index (χ4v) is 2.68. The zero-order valence-corrected chi connectivity index (χ0v) is 15.7. The summed E-state index contributed by atoms with van der Waals surface area (Å²) in [7, 11) is 0. The van der Waals surface area contributed by atoms with Crippen molar-refractivity contribution in [1.29, 1.82) is 0 Å². The minimum atomic E-state index is 0.0630. The maximum Gasteiger partial charge on any atom is 0.243 e. The third-order valence-corrected chi connectivity index (χ3v) is 3.60. The molecule has 2 aromatic rings. The maximum absolute atomic E-state index is 5.85. The number of nitrogens with zero attached hydrogens (tertiary/aromatic N) is 4. The van der Waals surface area contributed by atoms with Crippen LogP contribution in [0.3, 0.4) is 0 Å². The van der Waals surface area contributed by atoms with Crippen molar-refractivity contribution < 1.29 is 9.47 Å². The molecule has 0 spiro atoms. The average molecular weight is 396 g/mol. The molecule has 1 heterocycles. The summed E-state index contributed by atoms with van der Waals surface area (Å²) < 4.78 is 14.1. The van der Waals surface area contributed by atoms with Crippen molar-refractivity contribution in [1.82, 2.24) is 20.2 Å². The predicted molar refractivity (Wildman–Crippen MR) is 96.4 cm³/mol. The van der Waals surface area contributed by atoms with Crippen molar-refractivity contribution in [3.63, 3.8) is 0 Å². The molecule has 0 saturated carbocycles. The van der Waals surface area contributed by atoms with Gasteiger partial charge in [0.25, 0.3) is 0 Å². The van der Waals surface area contributed by atoms with Gasteiger partial charge in [0.1, 0.15) is 0 Å². The Morgan fingerprint density at radius 2 is 2.21 bits per heavy atom. The van der Waals surface area contributed by atoms with Gasteiger partial charge in [-0.1, -0.05) is 11.2 Å². The molecule has 0 aliphatic rings. The van der Waals surface area contributed by atoms with Gasteiger partial charge in [-0.2, -0.15) is 0 Å². The van der Waals surface area contributed by atoms with E-state index >= 15 is 0 Å². The normalized spacial score (nSPS) is 10.7. The van der Waals surface area contributed by atoms with Crippen LogP contribution < -0.4 is 14.8 Å². The number of benzene rings is 1. The van der Waals surface area contributed by atoms with Crippen LogP contribution in [0.5, 0.6) is 11.5 Å². The molecule has 0 aliphatic heterocycles. The van der Waals surface area contributed by atoms with E-state index in [1.165, 1.54) is 0 Å². The van der Waals surface area contributed by atoms with Crippen molar-refractivity contribution in [2.45, 2.75) is 40.0 Å². The van der Waals surface area contributed by atoms with Crippen molar-refractivity contribution >= 4 is 21.9 Å². The largest absolute Gasteiger partial charge is 0.490 e. The Bertz CT molecular complexity index is 687. The van der Waals surface area contributed by atoms with E-state index in [0.29, 0.717) is 37.1 Å². The van der Waals surface area contributed by atoms with Crippen LogP contribution in [0.25, 0.3) is 0 Å². The number of rotatable bonds is 9. The number of hydrogen-bond donors (Lipinski definition) is 1. The van der Waals surface area contributed by atoms with Crippen LogP contribution in [0, 0.1) is 0 Å². The highest BCUT2D eigenvalue weighted by atomic mass is 79.9. The first-order valence-electron chi connectivity index (χ1n) is 7.78.